The average molecular weight is 352 g/mol. The second-order valence-corrected chi connectivity index (χ2v) is 8.57. The molecule has 0 aromatic heterocycles. The lowest BCUT2D eigenvalue weighted by molar-refractivity contribution is 0.164. The smallest absolute Gasteiger partial charge is 0.00951 e. The van der Waals surface area contributed by atoms with Crippen molar-refractivity contribution in [1.82, 2.24) is 4.90 Å². The molecule has 0 radical (unpaired) electrons. The molecular weight excluding hydrogens is 302 g/mol. The third kappa shape index (κ3) is 12.9. The van der Waals surface area contributed by atoms with Crippen LogP contribution in [0.4, 0.5) is 0 Å². The summed E-state index contributed by atoms with van der Waals surface area (Å²) in [6, 6.07) is 0.878. The van der Waals surface area contributed by atoms with E-state index in [-0.39, 0.29) is 0 Å². The molecule has 0 N–H and O–H groups in total. The maximum atomic E-state index is 2.90. The highest BCUT2D eigenvalue weighted by molar-refractivity contribution is 4.73. The second kappa shape index (κ2) is 17.4. The third-order valence-electron chi connectivity index (χ3n) is 6.17. The monoisotopic (exact) mass is 351 g/mol. The Morgan fingerprint density at radius 3 is 1.52 bits per heavy atom. The van der Waals surface area contributed by atoms with E-state index < -0.39 is 0 Å². The predicted octanol–water partition coefficient (Wildman–Crippen LogP) is 8.12. The molecule has 1 fully saturated rings. The van der Waals surface area contributed by atoms with Gasteiger partial charge in [0.25, 0.3) is 0 Å². The van der Waals surface area contributed by atoms with Crippen LogP contribution in [-0.4, -0.2) is 24.0 Å². The van der Waals surface area contributed by atoms with Gasteiger partial charge in [0.2, 0.25) is 0 Å². The molecule has 0 bridgehead atoms. The minimum absolute atomic E-state index is 0.878. The van der Waals surface area contributed by atoms with Crippen molar-refractivity contribution >= 4 is 0 Å². The van der Waals surface area contributed by atoms with Crippen molar-refractivity contribution in [2.45, 2.75) is 142 Å². The molecule has 150 valence electrons. The van der Waals surface area contributed by atoms with Crippen molar-refractivity contribution < 1.29 is 0 Å². The van der Waals surface area contributed by atoms with Crippen LogP contribution in [-0.2, 0) is 0 Å². The van der Waals surface area contributed by atoms with Gasteiger partial charge in [0.1, 0.15) is 0 Å². The molecule has 0 saturated carbocycles. The van der Waals surface area contributed by atoms with Gasteiger partial charge >= 0.3 is 0 Å². The van der Waals surface area contributed by atoms with Crippen molar-refractivity contribution in [2.75, 3.05) is 13.1 Å². The molecule has 1 atom stereocenters. The van der Waals surface area contributed by atoms with E-state index in [1.807, 2.05) is 0 Å². The zero-order valence-corrected chi connectivity index (χ0v) is 17.9. The predicted molar refractivity (Wildman–Crippen MR) is 114 cm³/mol. The maximum Gasteiger partial charge on any atom is 0.00951 e. The Hall–Kier alpha value is -0.0400. The van der Waals surface area contributed by atoms with Crippen molar-refractivity contribution in [2.24, 2.45) is 0 Å². The Morgan fingerprint density at radius 1 is 0.520 bits per heavy atom. The van der Waals surface area contributed by atoms with Crippen molar-refractivity contribution in [3.63, 3.8) is 0 Å². The summed E-state index contributed by atoms with van der Waals surface area (Å²) in [7, 11) is 0. The Kier molecular flexibility index (Phi) is 16.0. The fourth-order valence-electron chi connectivity index (χ4n) is 4.52. The van der Waals surface area contributed by atoms with Crippen molar-refractivity contribution in [3.05, 3.63) is 0 Å². The molecule has 0 aromatic rings. The van der Waals surface area contributed by atoms with Crippen LogP contribution in [0.5, 0.6) is 0 Å². The third-order valence-corrected chi connectivity index (χ3v) is 6.17. The molecule has 0 aliphatic carbocycles. The lowest BCUT2D eigenvalue weighted by atomic mass is 9.99. The molecule has 0 spiro atoms. The van der Waals surface area contributed by atoms with E-state index in [0.29, 0.717) is 0 Å². The zero-order valence-electron chi connectivity index (χ0n) is 17.9. The highest BCUT2D eigenvalue weighted by atomic mass is 15.1. The summed E-state index contributed by atoms with van der Waals surface area (Å²) in [5.74, 6) is 0. The summed E-state index contributed by atoms with van der Waals surface area (Å²) in [6.45, 7) is 7.45. The summed E-state index contributed by atoms with van der Waals surface area (Å²) < 4.78 is 0. The minimum atomic E-state index is 0.878. The van der Waals surface area contributed by atoms with Crippen LogP contribution >= 0.6 is 0 Å². The number of hydrogen-bond acceptors (Lipinski definition) is 1. The van der Waals surface area contributed by atoms with Gasteiger partial charge in [0.15, 0.2) is 0 Å². The standard InChI is InChI=1S/C24H49N/c1-3-5-6-7-11-14-17-21-24(20-4-2)25-22-18-15-12-9-8-10-13-16-19-23-25/h24H,3-23H2,1-2H3. The van der Waals surface area contributed by atoms with E-state index in [2.05, 4.69) is 18.7 Å². The summed E-state index contributed by atoms with van der Waals surface area (Å²) in [6.07, 6.45) is 27.6. The van der Waals surface area contributed by atoms with Gasteiger partial charge in [-0.05, 0) is 38.8 Å². The SMILES string of the molecule is CCCCCCCCCC(CCC)N1CCCCCCCCCCC1. The van der Waals surface area contributed by atoms with Gasteiger partial charge in [-0.3, -0.25) is 0 Å². The molecule has 1 nitrogen and oxygen atoms in total. The van der Waals surface area contributed by atoms with Crippen molar-refractivity contribution in [3.8, 4) is 0 Å². The van der Waals surface area contributed by atoms with Gasteiger partial charge in [-0.15, -0.1) is 0 Å². The molecule has 25 heavy (non-hydrogen) atoms. The number of hydrogen-bond donors (Lipinski definition) is 0. The van der Waals surface area contributed by atoms with E-state index in [1.54, 1.807) is 0 Å². The Bertz CT molecular complexity index is 251. The van der Waals surface area contributed by atoms with Gasteiger partial charge < -0.3 is 4.90 Å². The average Bonchev–Trinajstić information content (AvgIpc) is 2.61. The van der Waals surface area contributed by atoms with Crippen molar-refractivity contribution in [1.29, 1.82) is 0 Å². The molecule has 1 aliphatic heterocycles. The van der Waals surface area contributed by atoms with E-state index in [4.69, 9.17) is 0 Å². The molecule has 1 rings (SSSR count). The van der Waals surface area contributed by atoms with Crippen LogP contribution in [0.1, 0.15) is 136 Å². The van der Waals surface area contributed by atoms with E-state index in [9.17, 15) is 0 Å². The van der Waals surface area contributed by atoms with Crippen LogP contribution in [0.15, 0.2) is 0 Å². The first kappa shape index (κ1) is 23.0. The number of rotatable bonds is 11. The molecule has 0 aromatic carbocycles. The normalized spacial score (nSPS) is 19.9. The second-order valence-electron chi connectivity index (χ2n) is 8.57. The topological polar surface area (TPSA) is 3.24 Å². The van der Waals surface area contributed by atoms with Crippen LogP contribution in [0.2, 0.25) is 0 Å². The van der Waals surface area contributed by atoms with Gasteiger partial charge in [0.05, 0.1) is 0 Å². The van der Waals surface area contributed by atoms with Gasteiger partial charge in [-0.25, -0.2) is 0 Å². The summed E-state index contributed by atoms with van der Waals surface area (Å²) in [5, 5.41) is 0. The number of nitrogens with zero attached hydrogens (tertiary/aromatic N) is 1. The molecule has 1 saturated heterocycles. The van der Waals surface area contributed by atoms with E-state index >= 15 is 0 Å². The largest absolute Gasteiger partial charge is 0.300 e. The Balaban J connectivity index is 2.32. The van der Waals surface area contributed by atoms with Crippen LogP contribution in [0.25, 0.3) is 0 Å². The van der Waals surface area contributed by atoms with Gasteiger partial charge in [-0.1, -0.05) is 110 Å². The zero-order chi connectivity index (χ0) is 18.0. The fourth-order valence-corrected chi connectivity index (χ4v) is 4.52. The summed E-state index contributed by atoms with van der Waals surface area (Å²) in [5.41, 5.74) is 0. The minimum Gasteiger partial charge on any atom is -0.300 e. The van der Waals surface area contributed by atoms with Crippen LogP contribution < -0.4 is 0 Å². The van der Waals surface area contributed by atoms with Gasteiger partial charge in [-0.2, -0.15) is 0 Å². The van der Waals surface area contributed by atoms with Gasteiger partial charge in [0, 0.05) is 6.04 Å². The highest BCUT2D eigenvalue weighted by Crippen LogP contribution is 2.20. The Morgan fingerprint density at radius 2 is 1.00 bits per heavy atom. The summed E-state index contributed by atoms with van der Waals surface area (Å²) in [4.78, 5) is 2.90. The van der Waals surface area contributed by atoms with Crippen LogP contribution in [0.3, 0.4) is 0 Å². The first-order chi connectivity index (χ1) is 12.4. The van der Waals surface area contributed by atoms with Crippen LogP contribution in [0, 0.1) is 0 Å². The molecular formula is C24H49N. The lowest BCUT2D eigenvalue weighted by Gasteiger charge is -2.32. The van der Waals surface area contributed by atoms with E-state index in [1.165, 1.54) is 135 Å². The summed E-state index contributed by atoms with van der Waals surface area (Å²) >= 11 is 0. The quantitative estimate of drug-likeness (QED) is 0.340. The maximum absolute atomic E-state index is 2.90. The molecule has 0 amide bonds. The fraction of sp³-hybridized carbons (Fsp3) is 1.00. The lowest BCUT2D eigenvalue weighted by Crippen LogP contribution is -2.37. The molecule has 1 unspecified atom stereocenters. The molecule has 1 heterocycles. The number of unbranched alkanes of at least 4 members (excludes halogenated alkanes) is 6. The molecule has 1 heteroatoms. The van der Waals surface area contributed by atoms with E-state index in [0.717, 1.165) is 6.04 Å². The molecule has 1 aliphatic rings. The first-order valence-electron chi connectivity index (χ1n) is 12.1. The highest BCUT2D eigenvalue weighted by Gasteiger charge is 2.17. The Labute approximate surface area is 160 Å². The first-order valence-corrected chi connectivity index (χ1v) is 12.1.